The minimum atomic E-state index is -0.426. The third kappa shape index (κ3) is 1.72. The fourth-order valence-corrected chi connectivity index (χ4v) is 1.01. The molecule has 0 heterocycles. The van der Waals surface area contributed by atoms with Crippen LogP contribution in [0.5, 0.6) is 5.75 Å². The van der Waals surface area contributed by atoms with E-state index in [9.17, 15) is 4.39 Å². The van der Waals surface area contributed by atoms with Crippen LogP contribution in [0.25, 0.3) is 0 Å². The van der Waals surface area contributed by atoms with Crippen molar-refractivity contribution in [3.8, 4) is 5.75 Å². The van der Waals surface area contributed by atoms with Gasteiger partial charge in [-0.05, 0) is 6.07 Å². The van der Waals surface area contributed by atoms with Gasteiger partial charge < -0.3 is 9.94 Å². The summed E-state index contributed by atoms with van der Waals surface area (Å²) in [5, 5.41) is 8.40. The number of nitrogens with one attached hydrogen (secondary N) is 1. The molecule has 3 nitrogen and oxygen atoms in total. The first-order chi connectivity index (χ1) is 5.79. The van der Waals surface area contributed by atoms with Gasteiger partial charge in [-0.2, -0.15) is 0 Å². The van der Waals surface area contributed by atoms with Crippen molar-refractivity contribution in [1.29, 1.82) is 0 Å². The number of hydroxylamine groups is 1. The fraction of sp³-hybridized carbons (Fsp3) is 0.250. The van der Waals surface area contributed by atoms with Gasteiger partial charge in [0.15, 0.2) is 11.6 Å². The number of methoxy groups -OCH3 is 1. The van der Waals surface area contributed by atoms with Crippen LogP contribution in [0, 0.1) is 5.82 Å². The predicted octanol–water partition coefficient (Wildman–Crippen LogP) is 1.31. The second-order valence-electron chi connectivity index (χ2n) is 2.27. The van der Waals surface area contributed by atoms with Crippen molar-refractivity contribution in [3.63, 3.8) is 0 Å². The lowest BCUT2D eigenvalue weighted by atomic mass is 10.2. The first kappa shape index (κ1) is 8.96. The van der Waals surface area contributed by atoms with E-state index in [0.29, 0.717) is 5.56 Å². The Hall–Kier alpha value is -1.13. The van der Waals surface area contributed by atoms with Gasteiger partial charge in [-0.3, -0.25) is 0 Å². The molecule has 0 amide bonds. The quantitative estimate of drug-likeness (QED) is 0.674. The van der Waals surface area contributed by atoms with Crippen LogP contribution in [0.4, 0.5) is 4.39 Å². The molecule has 0 fully saturated rings. The molecule has 0 atom stereocenters. The minimum Gasteiger partial charge on any atom is -0.493 e. The normalized spacial score (nSPS) is 9.92. The molecule has 66 valence electrons. The van der Waals surface area contributed by atoms with E-state index in [2.05, 4.69) is 0 Å². The summed E-state index contributed by atoms with van der Waals surface area (Å²) in [5.74, 6) is -0.260. The summed E-state index contributed by atoms with van der Waals surface area (Å²) in [6.45, 7) is 0.168. The number of benzene rings is 1. The highest BCUT2D eigenvalue weighted by Crippen LogP contribution is 2.21. The largest absolute Gasteiger partial charge is 0.493 e. The van der Waals surface area contributed by atoms with Crippen molar-refractivity contribution in [2.24, 2.45) is 0 Å². The second-order valence-corrected chi connectivity index (χ2v) is 2.27. The molecular formula is C8H10FNO2. The Morgan fingerprint density at radius 2 is 2.33 bits per heavy atom. The van der Waals surface area contributed by atoms with Crippen LogP contribution in [-0.2, 0) is 6.54 Å². The van der Waals surface area contributed by atoms with E-state index in [1.54, 1.807) is 12.1 Å². The molecule has 0 saturated heterocycles. The van der Waals surface area contributed by atoms with Gasteiger partial charge >= 0.3 is 0 Å². The van der Waals surface area contributed by atoms with Gasteiger partial charge in [-0.1, -0.05) is 12.1 Å². The molecule has 0 radical (unpaired) electrons. The fourth-order valence-electron chi connectivity index (χ4n) is 1.01. The Kier molecular flexibility index (Phi) is 3.01. The Morgan fingerprint density at radius 1 is 1.58 bits per heavy atom. The predicted molar refractivity (Wildman–Crippen MR) is 41.6 cm³/mol. The van der Waals surface area contributed by atoms with Crippen molar-refractivity contribution in [2.75, 3.05) is 7.11 Å². The number of rotatable bonds is 3. The first-order valence-corrected chi connectivity index (χ1v) is 3.48. The van der Waals surface area contributed by atoms with Crippen LogP contribution in [0.2, 0.25) is 0 Å². The van der Waals surface area contributed by atoms with Gasteiger partial charge in [0.2, 0.25) is 0 Å². The van der Waals surface area contributed by atoms with Gasteiger partial charge in [0.25, 0.3) is 0 Å². The van der Waals surface area contributed by atoms with Gasteiger partial charge in [0.1, 0.15) is 0 Å². The number of hydrogen-bond donors (Lipinski definition) is 2. The van der Waals surface area contributed by atoms with Crippen molar-refractivity contribution in [3.05, 3.63) is 29.6 Å². The molecule has 1 rings (SSSR count). The van der Waals surface area contributed by atoms with E-state index in [1.165, 1.54) is 13.2 Å². The maximum atomic E-state index is 12.9. The van der Waals surface area contributed by atoms with E-state index in [1.807, 2.05) is 5.48 Å². The van der Waals surface area contributed by atoms with Crippen molar-refractivity contribution in [2.45, 2.75) is 6.54 Å². The third-order valence-corrected chi connectivity index (χ3v) is 1.52. The van der Waals surface area contributed by atoms with Gasteiger partial charge in [-0.25, -0.2) is 9.87 Å². The molecule has 2 N–H and O–H groups in total. The van der Waals surface area contributed by atoms with Gasteiger partial charge in [0, 0.05) is 12.1 Å². The molecule has 0 bridgehead atoms. The summed E-state index contributed by atoms with van der Waals surface area (Å²) in [5.41, 5.74) is 2.52. The molecule has 0 aliphatic heterocycles. The van der Waals surface area contributed by atoms with Gasteiger partial charge in [0.05, 0.1) is 7.11 Å². The van der Waals surface area contributed by atoms with Crippen LogP contribution in [0.3, 0.4) is 0 Å². The minimum absolute atomic E-state index is 0.166. The standard InChI is InChI=1S/C8H10FNO2/c1-12-8-6(5-10-11)3-2-4-7(8)9/h2-4,10-11H,5H2,1H3. The van der Waals surface area contributed by atoms with E-state index >= 15 is 0 Å². The zero-order valence-corrected chi connectivity index (χ0v) is 6.67. The summed E-state index contributed by atoms with van der Waals surface area (Å²) in [6.07, 6.45) is 0. The van der Waals surface area contributed by atoms with Crippen LogP contribution in [0.1, 0.15) is 5.56 Å². The zero-order chi connectivity index (χ0) is 8.97. The Balaban J connectivity index is 3.00. The lowest BCUT2D eigenvalue weighted by Gasteiger charge is -2.07. The average molecular weight is 171 g/mol. The van der Waals surface area contributed by atoms with Crippen LogP contribution < -0.4 is 10.2 Å². The zero-order valence-electron chi connectivity index (χ0n) is 6.67. The van der Waals surface area contributed by atoms with E-state index < -0.39 is 5.82 Å². The summed E-state index contributed by atoms with van der Waals surface area (Å²) < 4.78 is 17.7. The second kappa shape index (κ2) is 4.04. The monoisotopic (exact) mass is 171 g/mol. The summed E-state index contributed by atoms with van der Waals surface area (Å²) in [7, 11) is 1.39. The van der Waals surface area contributed by atoms with E-state index in [4.69, 9.17) is 9.94 Å². The summed E-state index contributed by atoms with van der Waals surface area (Å²) in [6, 6.07) is 4.54. The molecule has 0 spiro atoms. The molecule has 0 aromatic heterocycles. The lowest BCUT2D eigenvalue weighted by Crippen LogP contribution is -2.08. The highest BCUT2D eigenvalue weighted by molar-refractivity contribution is 5.34. The average Bonchev–Trinajstić information content (AvgIpc) is 2.05. The molecule has 0 saturated carbocycles. The SMILES string of the molecule is COc1c(F)cccc1CNO. The Morgan fingerprint density at radius 3 is 2.92 bits per heavy atom. The van der Waals surface area contributed by atoms with Crippen LogP contribution >= 0.6 is 0 Å². The Bertz CT molecular complexity index is 265. The van der Waals surface area contributed by atoms with Crippen LogP contribution in [0.15, 0.2) is 18.2 Å². The maximum Gasteiger partial charge on any atom is 0.165 e. The van der Waals surface area contributed by atoms with E-state index in [0.717, 1.165) is 0 Å². The van der Waals surface area contributed by atoms with Crippen molar-refractivity contribution < 1.29 is 14.3 Å². The van der Waals surface area contributed by atoms with Gasteiger partial charge in [-0.15, -0.1) is 0 Å². The highest BCUT2D eigenvalue weighted by Gasteiger charge is 2.06. The molecular weight excluding hydrogens is 161 g/mol. The summed E-state index contributed by atoms with van der Waals surface area (Å²) in [4.78, 5) is 0. The topological polar surface area (TPSA) is 41.5 Å². The maximum absolute atomic E-state index is 12.9. The molecule has 4 heteroatoms. The van der Waals surface area contributed by atoms with Crippen molar-refractivity contribution >= 4 is 0 Å². The van der Waals surface area contributed by atoms with Crippen molar-refractivity contribution in [1.82, 2.24) is 5.48 Å². The smallest absolute Gasteiger partial charge is 0.165 e. The highest BCUT2D eigenvalue weighted by atomic mass is 19.1. The first-order valence-electron chi connectivity index (χ1n) is 3.48. The molecule has 1 aromatic rings. The molecule has 1 aromatic carbocycles. The Labute approximate surface area is 69.7 Å². The number of ether oxygens (including phenoxy) is 1. The van der Waals surface area contributed by atoms with E-state index in [-0.39, 0.29) is 12.3 Å². The molecule has 0 aliphatic rings. The number of halogens is 1. The number of hydrogen-bond acceptors (Lipinski definition) is 3. The molecule has 0 aliphatic carbocycles. The number of para-hydroxylation sites is 1. The molecule has 0 unspecified atom stereocenters. The summed E-state index contributed by atoms with van der Waals surface area (Å²) >= 11 is 0. The lowest BCUT2D eigenvalue weighted by molar-refractivity contribution is 0.160. The third-order valence-electron chi connectivity index (χ3n) is 1.52. The molecule has 12 heavy (non-hydrogen) atoms. The van der Waals surface area contributed by atoms with Crippen LogP contribution in [-0.4, -0.2) is 12.3 Å².